The zero-order valence-corrected chi connectivity index (χ0v) is 13.2. The van der Waals surface area contributed by atoms with Gasteiger partial charge in [0.15, 0.2) is 0 Å². The number of piperidine rings is 1. The standard InChI is InChI=1S/C15H20F2N2O2.ClH/c1-10(19-14(20)12-7-4-5-9-18-12)11-6-2-3-8-13(11)21-15(16)17;/h2-3,6,8,10,12,15,18H,4-5,7,9H2,1H3,(H,19,20);1H/t10?,12-;/m0./s1. The lowest BCUT2D eigenvalue weighted by molar-refractivity contribution is -0.124. The smallest absolute Gasteiger partial charge is 0.387 e. The lowest BCUT2D eigenvalue weighted by Crippen LogP contribution is -2.47. The minimum Gasteiger partial charge on any atom is -0.434 e. The van der Waals surface area contributed by atoms with Gasteiger partial charge in [-0.15, -0.1) is 12.4 Å². The summed E-state index contributed by atoms with van der Waals surface area (Å²) in [5, 5.41) is 6.01. The Morgan fingerprint density at radius 3 is 2.73 bits per heavy atom. The molecule has 2 rings (SSSR count). The van der Waals surface area contributed by atoms with E-state index in [2.05, 4.69) is 15.4 Å². The molecule has 1 fully saturated rings. The molecule has 1 aliphatic rings. The van der Waals surface area contributed by atoms with Gasteiger partial charge in [0.1, 0.15) is 5.75 Å². The van der Waals surface area contributed by atoms with Gasteiger partial charge in [0.25, 0.3) is 0 Å². The van der Waals surface area contributed by atoms with Gasteiger partial charge in [0, 0.05) is 5.56 Å². The number of hydrogen-bond donors (Lipinski definition) is 2. The molecule has 124 valence electrons. The molecular weight excluding hydrogens is 314 g/mol. The van der Waals surface area contributed by atoms with Gasteiger partial charge < -0.3 is 15.4 Å². The van der Waals surface area contributed by atoms with Gasteiger partial charge in [0.05, 0.1) is 12.1 Å². The van der Waals surface area contributed by atoms with Crippen LogP contribution in [0.25, 0.3) is 0 Å². The van der Waals surface area contributed by atoms with Crippen LogP contribution in [0.5, 0.6) is 5.75 Å². The summed E-state index contributed by atoms with van der Waals surface area (Å²) in [5.41, 5.74) is 0.543. The largest absolute Gasteiger partial charge is 0.434 e. The molecular formula is C15H21ClF2N2O2. The Morgan fingerprint density at radius 2 is 2.09 bits per heavy atom. The molecule has 22 heavy (non-hydrogen) atoms. The first kappa shape index (κ1) is 18.6. The number of hydrogen-bond acceptors (Lipinski definition) is 3. The Labute approximate surface area is 135 Å². The summed E-state index contributed by atoms with van der Waals surface area (Å²) < 4.78 is 29.3. The number of benzene rings is 1. The first-order valence-electron chi connectivity index (χ1n) is 7.15. The van der Waals surface area contributed by atoms with Crippen molar-refractivity contribution >= 4 is 18.3 Å². The van der Waals surface area contributed by atoms with E-state index in [9.17, 15) is 13.6 Å². The third-order valence-corrected chi connectivity index (χ3v) is 3.59. The third kappa shape index (κ3) is 5.10. The molecule has 1 saturated heterocycles. The normalized spacial score (nSPS) is 19.2. The molecule has 2 atom stereocenters. The van der Waals surface area contributed by atoms with Gasteiger partial charge in [-0.05, 0) is 32.4 Å². The van der Waals surface area contributed by atoms with Crippen LogP contribution in [0.3, 0.4) is 0 Å². The van der Waals surface area contributed by atoms with Gasteiger partial charge in [-0.3, -0.25) is 4.79 Å². The molecule has 0 aliphatic carbocycles. The molecule has 1 aromatic carbocycles. The fourth-order valence-electron chi connectivity index (χ4n) is 2.51. The molecule has 0 bridgehead atoms. The molecule has 1 heterocycles. The summed E-state index contributed by atoms with van der Waals surface area (Å²) in [4.78, 5) is 12.2. The van der Waals surface area contributed by atoms with E-state index in [-0.39, 0.29) is 30.1 Å². The number of carbonyl (C=O) groups excluding carboxylic acids is 1. The van der Waals surface area contributed by atoms with E-state index in [0.29, 0.717) is 5.56 Å². The fraction of sp³-hybridized carbons (Fsp3) is 0.533. The molecule has 7 heteroatoms. The van der Waals surface area contributed by atoms with Crippen LogP contribution in [0, 0.1) is 0 Å². The maximum atomic E-state index is 12.4. The van der Waals surface area contributed by atoms with E-state index in [4.69, 9.17) is 0 Å². The predicted octanol–water partition coefficient (Wildman–Crippen LogP) is 3.03. The number of ether oxygens (including phenoxy) is 1. The van der Waals surface area contributed by atoms with Crippen molar-refractivity contribution in [3.8, 4) is 5.75 Å². The SMILES string of the molecule is CC(NC(=O)[C@@H]1CCCCN1)c1ccccc1OC(F)F.Cl. The molecule has 1 aliphatic heterocycles. The highest BCUT2D eigenvalue weighted by Crippen LogP contribution is 2.26. The first-order valence-corrected chi connectivity index (χ1v) is 7.15. The number of rotatable bonds is 5. The van der Waals surface area contributed by atoms with Crippen LogP contribution in [0.4, 0.5) is 8.78 Å². The topological polar surface area (TPSA) is 50.4 Å². The van der Waals surface area contributed by atoms with E-state index in [1.54, 1.807) is 25.1 Å². The molecule has 0 aromatic heterocycles. The molecule has 1 aromatic rings. The minimum absolute atomic E-state index is 0. The minimum atomic E-state index is -2.88. The molecule has 1 amide bonds. The molecule has 0 spiro atoms. The Hall–Kier alpha value is -1.40. The second-order valence-electron chi connectivity index (χ2n) is 5.15. The summed E-state index contributed by atoms with van der Waals surface area (Å²) >= 11 is 0. The van der Waals surface area contributed by atoms with Crippen molar-refractivity contribution < 1.29 is 18.3 Å². The zero-order valence-electron chi connectivity index (χ0n) is 12.4. The van der Waals surface area contributed by atoms with Crippen molar-refractivity contribution in [2.75, 3.05) is 6.54 Å². The summed E-state index contributed by atoms with van der Waals surface area (Å²) in [6.45, 7) is -0.291. The number of nitrogens with one attached hydrogen (secondary N) is 2. The van der Waals surface area contributed by atoms with Crippen LogP contribution in [-0.2, 0) is 4.79 Å². The van der Waals surface area contributed by atoms with Crippen molar-refractivity contribution in [2.24, 2.45) is 0 Å². The first-order chi connectivity index (χ1) is 10.1. The highest BCUT2D eigenvalue weighted by atomic mass is 35.5. The van der Waals surface area contributed by atoms with E-state index in [0.717, 1.165) is 25.8 Å². The van der Waals surface area contributed by atoms with Crippen molar-refractivity contribution in [2.45, 2.75) is 44.9 Å². The van der Waals surface area contributed by atoms with Gasteiger partial charge in [-0.25, -0.2) is 0 Å². The van der Waals surface area contributed by atoms with Gasteiger partial charge in [0.2, 0.25) is 5.91 Å². The number of halogens is 3. The van der Waals surface area contributed by atoms with Crippen LogP contribution < -0.4 is 15.4 Å². The number of amides is 1. The predicted molar refractivity (Wildman–Crippen MR) is 82.5 cm³/mol. The van der Waals surface area contributed by atoms with Gasteiger partial charge >= 0.3 is 6.61 Å². The zero-order chi connectivity index (χ0) is 15.2. The second-order valence-corrected chi connectivity index (χ2v) is 5.15. The van der Waals surface area contributed by atoms with Crippen molar-refractivity contribution in [3.05, 3.63) is 29.8 Å². The molecule has 2 N–H and O–H groups in total. The quantitative estimate of drug-likeness (QED) is 0.870. The molecule has 1 unspecified atom stereocenters. The van der Waals surface area contributed by atoms with E-state index in [1.807, 2.05) is 0 Å². The van der Waals surface area contributed by atoms with Gasteiger partial charge in [-0.1, -0.05) is 24.6 Å². The highest BCUT2D eigenvalue weighted by Gasteiger charge is 2.23. The average molecular weight is 335 g/mol. The fourth-order valence-corrected chi connectivity index (χ4v) is 2.51. The van der Waals surface area contributed by atoms with E-state index < -0.39 is 12.7 Å². The lowest BCUT2D eigenvalue weighted by Gasteiger charge is -2.25. The summed E-state index contributed by atoms with van der Waals surface area (Å²) in [7, 11) is 0. The van der Waals surface area contributed by atoms with Crippen LogP contribution in [0.15, 0.2) is 24.3 Å². The second kappa shape index (κ2) is 8.90. The van der Waals surface area contributed by atoms with Crippen LogP contribution in [0.1, 0.15) is 37.8 Å². The maximum absolute atomic E-state index is 12.4. The average Bonchev–Trinajstić information content (AvgIpc) is 2.48. The summed E-state index contributed by atoms with van der Waals surface area (Å²) in [5.74, 6) is -0.00838. The Morgan fingerprint density at radius 1 is 1.36 bits per heavy atom. The third-order valence-electron chi connectivity index (χ3n) is 3.59. The Kier molecular flexibility index (Phi) is 7.55. The van der Waals surface area contributed by atoms with E-state index in [1.165, 1.54) is 6.07 Å². The maximum Gasteiger partial charge on any atom is 0.387 e. The van der Waals surface area contributed by atoms with Crippen LogP contribution >= 0.6 is 12.4 Å². The Balaban J connectivity index is 0.00000242. The number of carbonyl (C=O) groups is 1. The number of alkyl halides is 2. The van der Waals surface area contributed by atoms with Crippen LogP contribution in [-0.4, -0.2) is 25.1 Å². The Bertz CT molecular complexity index is 482. The van der Waals surface area contributed by atoms with E-state index >= 15 is 0 Å². The summed E-state index contributed by atoms with van der Waals surface area (Å²) in [6.07, 6.45) is 2.89. The summed E-state index contributed by atoms with van der Waals surface area (Å²) in [6, 6.07) is 5.91. The van der Waals surface area contributed by atoms with Gasteiger partial charge in [-0.2, -0.15) is 8.78 Å². The molecule has 0 radical (unpaired) electrons. The molecule has 4 nitrogen and oxygen atoms in total. The van der Waals surface area contributed by atoms with Crippen molar-refractivity contribution in [1.82, 2.24) is 10.6 Å². The monoisotopic (exact) mass is 334 g/mol. The van der Waals surface area contributed by atoms with Crippen molar-refractivity contribution in [3.63, 3.8) is 0 Å². The lowest BCUT2D eigenvalue weighted by atomic mass is 10.0. The van der Waals surface area contributed by atoms with Crippen molar-refractivity contribution in [1.29, 1.82) is 0 Å². The van der Waals surface area contributed by atoms with Crippen LogP contribution in [0.2, 0.25) is 0 Å². The number of para-hydroxylation sites is 1. The highest BCUT2D eigenvalue weighted by molar-refractivity contribution is 5.85. The molecule has 0 saturated carbocycles.